The topological polar surface area (TPSA) is 29.1 Å². The van der Waals surface area contributed by atoms with Crippen LogP contribution in [0.25, 0.3) is 0 Å². The van der Waals surface area contributed by atoms with Crippen LogP contribution in [0.5, 0.6) is 0 Å². The van der Waals surface area contributed by atoms with E-state index in [9.17, 15) is 4.79 Å². The number of amides is 1. The number of benzene rings is 1. The minimum Gasteiger partial charge on any atom is -0.350 e. The number of thiol groups is 1. The highest BCUT2D eigenvalue weighted by atomic mass is 32.1. The van der Waals surface area contributed by atoms with Crippen LogP contribution < -0.4 is 5.32 Å². The summed E-state index contributed by atoms with van der Waals surface area (Å²) in [4.78, 5) is 12.9. The Kier molecular flexibility index (Phi) is 5.73. The Hall–Kier alpha value is -0.960. The van der Waals surface area contributed by atoms with Crippen molar-refractivity contribution in [1.82, 2.24) is 5.32 Å². The smallest absolute Gasteiger partial charge is 0.251 e. The van der Waals surface area contributed by atoms with Crippen LogP contribution in [-0.4, -0.2) is 11.9 Å². The molecule has 0 bridgehead atoms. The number of rotatable bonds is 5. The van der Waals surface area contributed by atoms with Crippen LogP contribution >= 0.6 is 12.6 Å². The molecular weight excluding hydrogens is 242 g/mol. The predicted octanol–water partition coefficient (Wildman–Crippen LogP) is 3.84. The van der Waals surface area contributed by atoms with Gasteiger partial charge in [0.2, 0.25) is 0 Å². The molecule has 0 aliphatic heterocycles. The zero-order valence-corrected chi connectivity index (χ0v) is 12.6. The highest BCUT2D eigenvalue weighted by Gasteiger charge is 2.12. The Morgan fingerprint density at radius 2 is 1.94 bits per heavy atom. The molecule has 0 heterocycles. The van der Waals surface area contributed by atoms with E-state index in [1.54, 1.807) is 0 Å². The predicted molar refractivity (Wildman–Crippen MR) is 79.4 cm³/mol. The van der Waals surface area contributed by atoms with Crippen molar-refractivity contribution in [1.29, 1.82) is 0 Å². The van der Waals surface area contributed by atoms with Crippen molar-refractivity contribution in [2.45, 2.75) is 51.5 Å². The van der Waals surface area contributed by atoms with Crippen molar-refractivity contribution in [3.63, 3.8) is 0 Å². The molecule has 1 unspecified atom stereocenters. The van der Waals surface area contributed by atoms with Gasteiger partial charge < -0.3 is 5.32 Å². The number of hydrogen-bond donors (Lipinski definition) is 2. The lowest BCUT2D eigenvalue weighted by Crippen LogP contribution is -2.33. The normalized spacial score (nSPS) is 12.6. The first-order valence-corrected chi connectivity index (χ1v) is 6.95. The zero-order valence-electron chi connectivity index (χ0n) is 11.7. The van der Waals surface area contributed by atoms with E-state index < -0.39 is 0 Å². The minimum atomic E-state index is -0.000318. The third-order valence-electron chi connectivity index (χ3n) is 3.02. The van der Waals surface area contributed by atoms with Crippen molar-refractivity contribution < 1.29 is 4.79 Å². The van der Waals surface area contributed by atoms with E-state index in [-0.39, 0.29) is 11.9 Å². The summed E-state index contributed by atoms with van der Waals surface area (Å²) in [5, 5.41) is 3.05. The van der Waals surface area contributed by atoms with Crippen molar-refractivity contribution in [3.8, 4) is 0 Å². The third-order valence-corrected chi connectivity index (χ3v) is 3.30. The summed E-state index contributed by atoms with van der Waals surface area (Å²) in [7, 11) is 0. The number of carbonyl (C=O) groups excluding carboxylic acids is 1. The standard InChI is InChI=1S/C15H23NOS/c1-10(2)5-7-12(4)16-15(17)14-9-13(18)8-6-11(14)3/h6,8-10,12,18H,5,7H2,1-4H3,(H,16,17). The lowest BCUT2D eigenvalue weighted by molar-refractivity contribution is 0.0936. The fourth-order valence-electron chi connectivity index (χ4n) is 1.81. The molecule has 1 aromatic rings. The van der Waals surface area contributed by atoms with E-state index in [0.717, 1.165) is 28.9 Å². The number of hydrogen-bond acceptors (Lipinski definition) is 2. The van der Waals surface area contributed by atoms with Gasteiger partial charge in [-0.1, -0.05) is 19.9 Å². The molecule has 1 N–H and O–H groups in total. The molecule has 0 spiro atoms. The highest BCUT2D eigenvalue weighted by molar-refractivity contribution is 7.80. The van der Waals surface area contributed by atoms with E-state index in [2.05, 4.69) is 38.7 Å². The number of aryl methyl sites for hydroxylation is 1. The molecule has 0 aliphatic carbocycles. The van der Waals surface area contributed by atoms with Gasteiger partial charge in [-0.2, -0.15) is 0 Å². The Morgan fingerprint density at radius 1 is 1.28 bits per heavy atom. The van der Waals surface area contributed by atoms with E-state index in [0.29, 0.717) is 5.92 Å². The molecule has 0 fully saturated rings. The second-order valence-corrected chi connectivity index (χ2v) is 5.86. The summed E-state index contributed by atoms with van der Waals surface area (Å²) in [5.41, 5.74) is 1.71. The Morgan fingerprint density at radius 3 is 2.56 bits per heavy atom. The number of nitrogens with one attached hydrogen (secondary N) is 1. The molecule has 0 saturated carbocycles. The summed E-state index contributed by atoms with van der Waals surface area (Å²) < 4.78 is 0. The zero-order chi connectivity index (χ0) is 13.7. The first-order chi connectivity index (χ1) is 8.40. The third kappa shape index (κ3) is 4.73. The first-order valence-electron chi connectivity index (χ1n) is 6.50. The molecule has 3 heteroatoms. The molecule has 0 aliphatic rings. The molecule has 0 saturated heterocycles. The molecule has 1 amide bonds. The van der Waals surface area contributed by atoms with Gasteiger partial charge in [-0.25, -0.2) is 0 Å². The Labute approximate surface area is 116 Å². The van der Waals surface area contributed by atoms with E-state index in [1.165, 1.54) is 0 Å². The maximum Gasteiger partial charge on any atom is 0.251 e. The van der Waals surface area contributed by atoms with Gasteiger partial charge in [-0.05, 0) is 50.3 Å². The first kappa shape index (κ1) is 15.1. The van der Waals surface area contributed by atoms with Crippen LogP contribution in [0.4, 0.5) is 0 Å². The molecular formula is C15H23NOS. The van der Waals surface area contributed by atoms with Crippen molar-refractivity contribution >= 4 is 18.5 Å². The van der Waals surface area contributed by atoms with Gasteiger partial charge in [0.15, 0.2) is 0 Å². The van der Waals surface area contributed by atoms with E-state index >= 15 is 0 Å². The summed E-state index contributed by atoms with van der Waals surface area (Å²) in [6.07, 6.45) is 2.15. The Bertz CT molecular complexity index is 415. The van der Waals surface area contributed by atoms with Crippen molar-refractivity contribution in [3.05, 3.63) is 29.3 Å². The molecule has 1 aromatic carbocycles. The van der Waals surface area contributed by atoms with Crippen LogP contribution in [-0.2, 0) is 0 Å². The molecule has 1 atom stereocenters. The summed E-state index contributed by atoms with van der Waals surface area (Å²) >= 11 is 4.27. The average Bonchev–Trinajstić information content (AvgIpc) is 2.29. The molecule has 1 rings (SSSR count). The van der Waals surface area contributed by atoms with Crippen LogP contribution in [0, 0.1) is 12.8 Å². The van der Waals surface area contributed by atoms with Gasteiger partial charge in [0.1, 0.15) is 0 Å². The van der Waals surface area contributed by atoms with Gasteiger partial charge >= 0.3 is 0 Å². The van der Waals surface area contributed by atoms with Crippen LogP contribution in [0.15, 0.2) is 23.1 Å². The van der Waals surface area contributed by atoms with Gasteiger partial charge in [0, 0.05) is 16.5 Å². The monoisotopic (exact) mass is 265 g/mol. The SMILES string of the molecule is Cc1ccc(S)cc1C(=O)NC(C)CCC(C)C. The maximum absolute atomic E-state index is 12.1. The average molecular weight is 265 g/mol. The molecule has 0 radical (unpaired) electrons. The Balaban J connectivity index is 2.62. The van der Waals surface area contributed by atoms with Crippen molar-refractivity contribution in [2.75, 3.05) is 0 Å². The quantitative estimate of drug-likeness (QED) is 0.778. The second-order valence-electron chi connectivity index (χ2n) is 5.34. The molecule has 18 heavy (non-hydrogen) atoms. The maximum atomic E-state index is 12.1. The molecule has 100 valence electrons. The largest absolute Gasteiger partial charge is 0.350 e. The number of carbonyl (C=O) groups is 1. The molecule has 2 nitrogen and oxygen atoms in total. The van der Waals surface area contributed by atoms with Crippen LogP contribution in [0.3, 0.4) is 0 Å². The fourth-order valence-corrected chi connectivity index (χ4v) is 2.02. The van der Waals surface area contributed by atoms with E-state index in [1.807, 2.05) is 25.1 Å². The van der Waals surface area contributed by atoms with E-state index in [4.69, 9.17) is 0 Å². The van der Waals surface area contributed by atoms with Crippen LogP contribution in [0.1, 0.15) is 49.5 Å². The summed E-state index contributed by atoms with van der Waals surface area (Å²) in [6, 6.07) is 5.86. The van der Waals surface area contributed by atoms with Crippen LogP contribution in [0.2, 0.25) is 0 Å². The second kappa shape index (κ2) is 6.83. The minimum absolute atomic E-state index is 0.000318. The van der Waals surface area contributed by atoms with Gasteiger partial charge in [-0.3, -0.25) is 4.79 Å². The van der Waals surface area contributed by atoms with Gasteiger partial charge in [-0.15, -0.1) is 12.6 Å². The fraction of sp³-hybridized carbons (Fsp3) is 0.533. The summed E-state index contributed by atoms with van der Waals surface area (Å²) in [5.74, 6) is 0.673. The molecule has 0 aromatic heterocycles. The lowest BCUT2D eigenvalue weighted by Gasteiger charge is -2.16. The lowest BCUT2D eigenvalue weighted by atomic mass is 10.0. The van der Waals surface area contributed by atoms with Crippen molar-refractivity contribution in [2.24, 2.45) is 5.92 Å². The van der Waals surface area contributed by atoms with Gasteiger partial charge in [0.25, 0.3) is 5.91 Å². The summed E-state index contributed by atoms with van der Waals surface area (Å²) in [6.45, 7) is 8.40. The van der Waals surface area contributed by atoms with Gasteiger partial charge in [0.05, 0.1) is 0 Å². The highest BCUT2D eigenvalue weighted by Crippen LogP contribution is 2.14.